The van der Waals surface area contributed by atoms with Gasteiger partial charge in [-0.15, -0.1) is 0 Å². The maximum absolute atomic E-state index is 13.7. The fourth-order valence-electron chi connectivity index (χ4n) is 3.02. The molecule has 2 aromatic carbocycles. The summed E-state index contributed by atoms with van der Waals surface area (Å²) in [4.78, 5) is 4.25. The topological polar surface area (TPSA) is 57.4 Å². The average molecular weight is 467 g/mol. The maximum Gasteiger partial charge on any atom is 0.166 e. The number of nitrogens with zero attached hydrogens (tertiary/aromatic N) is 1. The number of aromatic nitrogens is 1. The first kappa shape index (κ1) is 22.6. The fraction of sp³-hybridized carbons (Fsp3) is 0.227. The number of anilines is 1. The highest BCUT2D eigenvalue weighted by atomic mass is 35.5. The van der Waals surface area contributed by atoms with Gasteiger partial charge in [-0.3, -0.25) is 0 Å². The van der Waals surface area contributed by atoms with Gasteiger partial charge in [-0.05, 0) is 48.7 Å². The Morgan fingerprint density at radius 2 is 1.80 bits per heavy atom. The third kappa shape index (κ3) is 4.97. The normalized spacial score (nSPS) is 11.0. The zero-order valence-electron chi connectivity index (χ0n) is 16.9. The van der Waals surface area contributed by atoms with Crippen molar-refractivity contribution in [1.82, 2.24) is 4.98 Å². The van der Waals surface area contributed by atoms with Crippen molar-refractivity contribution >= 4 is 42.2 Å². The van der Waals surface area contributed by atoms with Gasteiger partial charge in [-0.25, -0.2) is 9.37 Å². The molecule has 0 amide bonds. The molecule has 0 saturated carbocycles. The van der Waals surface area contributed by atoms with Crippen molar-refractivity contribution in [1.29, 1.82) is 0 Å². The molecule has 0 saturated heterocycles. The number of methoxy groups -OCH3 is 1. The molecular weight excluding hydrogens is 445 g/mol. The second-order valence-corrected chi connectivity index (χ2v) is 9.86. The molecule has 3 aromatic rings. The van der Waals surface area contributed by atoms with Crippen LogP contribution < -0.4 is 20.5 Å². The second kappa shape index (κ2) is 9.82. The van der Waals surface area contributed by atoms with Gasteiger partial charge in [0.2, 0.25) is 0 Å². The van der Waals surface area contributed by atoms with Gasteiger partial charge in [0.1, 0.15) is 11.6 Å². The van der Waals surface area contributed by atoms with Crippen molar-refractivity contribution in [3.63, 3.8) is 0 Å². The molecule has 0 aliphatic rings. The average Bonchev–Trinajstić information content (AvgIpc) is 2.74. The van der Waals surface area contributed by atoms with Crippen LogP contribution in [0.5, 0.6) is 11.5 Å². The number of halogens is 3. The van der Waals surface area contributed by atoms with E-state index in [9.17, 15) is 4.39 Å². The Labute approximate surface area is 186 Å². The van der Waals surface area contributed by atoms with Gasteiger partial charge in [0.15, 0.2) is 11.6 Å². The van der Waals surface area contributed by atoms with Crippen LogP contribution >= 0.6 is 31.1 Å². The molecule has 0 bridgehead atoms. The minimum absolute atomic E-state index is 0.00458. The smallest absolute Gasteiger partial charge is 0.166 e. The minimum atomic E-state index is -0.514. The number of rotatable bonds is 7. The van der Waals surface area contributed by atoms with Gasteiger partial charge in [0.25, 0.3) is 0 Å². The second-order valence-electron chi connectivity index (χ2n) is 6.81. The SMILES string of the molecule is COc1cc(-c2cnc(N)c(OCCc3c(Cl)ccc(F)c3Cl)c2)ccc1P(C)C. The van der Waals surface area contributed by atoms with E-state index >= 15 is 0 Å². The quantitative estimate of drug-likeness (QED) is 0.354. The summed E-state index contributed by atoms with van der Waals surface area (Å²) < 4.78 is 25.1. The Bertz CT molecular complexity index is 1060. The highest BCUT2D eigenvalue weighted by Gasteiger charge is 2.13. The van der Waals surface area contributed by atoms with Crippen LogP contribution in [-0.4, -0.2) is 32.0 Å². The minimum Gasteiger partial charge on any atom is -0.496 e. The van der Waals surface area contributed by atoms with Crippen molar-refractivity contribution in [3.8, 4) is 22.6 Å². The van der Waals surface area contributed by atoms with Gasteiger partial charge in [0, 0.05) is 28.5 Å². The first-order valence-corrected chi connectivity index (χ1v) is 12.2. The van der Waals surface area contributed by atoms with Crippen LogP contribution in [-0.2, 0) is 6.42 Å². The molecular formula is C22H22Cl2FN2O2P. The van der Waals surface area contributed by atoms with E-state index in [4.69, 9.17) is 38.4 Å². The number of nitrogens with two attached hydrogens (primary N) is 1. The van der Waals surface area contributed by atoms with E-state index in [0.717, 1.165) is 16.9 Å². The molecule has 3 rings (SSSR count). The van der Waals surface area contributed by atoms with Crippen LogP contribution in [0.3, 0.4) is 0 Å². The molecule has 0 aliphatic carbocycles. The lowest BCUT2D eigenvalue weighted by atomic mass is 10.1. The van der Waals surface area contributed by atoms with Crippen LogP contribution in [0.2, 0.25) is 10.0 Å². The van der Waals surface area contributed by atoms with Crippen molar-refractivity contribution < 1.29 is 13.9 Å². The molecule has 0 aliphatic heterocycles. The molecule has 2 N–H and O–H groups in total. The van der Waals surface area contributed by atoms with E-state index in [-0.39, 0.29) is 25.4 Å². The third-order valence-corrected chi connectivity index (χ3v) is 6.72. The summed E-state index contributed by atoms with van der Waals surface area (Å²) in [6, 6.07) is 10.6. The fourth-order valence-corrected chi connectivity index (χ4v) is 4.55. The molecule has 4 nitrogen and oxygen atoms in total. The molecule has 1 aromatic heterocycles. The Kier molecular flexibility index (Phi) is 7.41. The lowest BCUT2D eigenvalue weighted by molar-refractivity contribution is 0.322. The summed E-state index contributed by atoms with van der Waals surface area (Å²) in [7, 11) is 1.38. The maximum atomic E-state index is 13.7. The summed E-state index contributed by atoms with van der Waals surface area (Å²) in [5.74, 6) is 1.04. The first-order valence-electron chi connectivity index (χ1n) is 9.18. The van der Waals surface area contributed by atoms with E-state index in [1.807, 2.05) is 18.2 Å². The first-order chi connectivity index (χ1) is 14.3. The molecule has 0 spiro atoms. The molecule has 0 unspecified atom stereocenters. The molecule has 1 heterocycles. The van der Waals surface area contributed by atoms with Crippen molar-refractivity contribution in [2.75, 3.05) is 32.8 Å². The van der Waals surface area contributed by atoms with Crippen molar-refractivity contribution in [2.45, 2.75) is 6.42 Å². The van der Waals surface area contributed by atoms with Gasteiger partial charge < -0.3 is 15.2 Å². The molecule has 30 heavy (non-hydrogen) atoms. The monoisotopic (exact) mass is 466 g/mol. The van der Waals surface area contributed by atoms with Crippen LogP contribution in [0.1, 0.15) is 5.56 Å². The number of pyridine rings is 1. The van der Waals surface area contributed by atoms with E-state index in [1.165, 1.54) is 17.4 Å². The molecule has 0 atom stereocenters. The summed E-state index contributed by atoms with van der Waals surface area (Å²) >= 11 is 12.1. The summed E-state index contributed by atoms with van der Waals surface area (Å²) in [6.45, 7) is 4.58. The number of nitrogen functional groups attached to an aromatic ring is 1. The lowest BCUT2D eigenvalue weighted by Gasteiger charge is -2.15. The van der Waals surface area contributed by atoms with Crippen molar-refractivity contribution in [3.05, 3.63) is 64.0 Å². The predicted molar refractivity (Wildman–Crippen MR) is 125 cm³/mol. The van der Waals surface area contributed by atoms with Crippen LogP contribution in [0.25, 0.3) is 11.1 Å². The molecule has 158 valence electrons. The zero-order valence-corrected chi connectivity index (χ0v) is 19.3. The summed E-state index contributed by atoms with van der Waals surface area (Å²) in [5.41, 5.74) is 8.27. The van der Waals surface area contributed by atoms with E-state index in [1.54, 1.807) is 13.3 Å². The Morgan fingerprint density at radius 1 is 1.07 bits per heavy atom. The number of benzene rings is 2. The van der Waals surface area contributed by atoms with Gasteiger partial charge >= 0.3 is 0 Å². The van der Waals surface area contributed by atoms with Gasteiger partial charge in [0.05, 0.1) is 18.7 Å². The van der Waals surface area contributed by atoms with E-state index in [2.05, 4.69) is 24.4 Å². The number of ether oxygens (including phenoxy) is 2. The number of hydrogen-bond donors (Lipinski definition) is 1. The Hall–Kier alpha value is -2.07. The third-order valence-electron chi connectivity index (χ3n) is 4.63. The van der Waals surface area contributed by atoms with Gasteiger partial charge in [-0.2, -0.15) is 0 Å². The largest absolute Gasteiger partial charge is 0.496 e. The molecule has 8 heteroatoms. The Morgan fingerprint density at radius 3 is 2.50 bits per heavy atom. The Balaban J connectivity index is 1.80. The molecule has 0 fully saturated rings. The van der Waals surface area contributed by atoms with E-state index < -0.39 is 5.82 Å². The van der Waals surface area contributed by atoms with E-state index in [0.29, 0.717) is 22.8 Å². The lowest BCUT2D eigenvalue weighted by Crippen LogP contribution is -2.06. The highest BCUT2D eigenvalue weighted by molar-refractivity contribution is 7.64. The summed E-state index contributed by atoms with van der Waals surface area (Å²) in [6.07, 6.45) is 2.02. The predicted octanol–water partition coefficient (Wildman–Crippen LogP) is 5.77. The zero-order chi connectivity index (χ0) is 21.8. The highest BCUT2D eigenvalue weighted by Crippen LogP contribution is 2.34. The van der Waals surface area contributed by atoms with Crippen molar-refractivity contribution in [2.24, 2.45) is 0 Å². The standard InChI is InChI=1S/C22H22Cl2FN2O2P/c1-28-18-10-13(4-7-20(18)30(2)3)14-11-19(22(26)27-12-14)29-9-8-15-16(23)5-6-17(25)21(15)24/h4-7,10-12H,8-9H2,1-3H3,(H2,26,27). The number of hydrogen-bond acceptors (Lipinski definition) is 4. The van der Waals surface area contributed by atoms with Gasteiger partial charge in [-0.1, -0.05) is 43.3 Å². The molecule has 0 radical (unpaired) electrons. The van der Waals surface area contributed by atoms with Crippen LogP contribution in [0.4, 0.5) is 10.2 Å². The van der Waals surface area contributed by atoms with Crippen LogP contribution in [0.15, 0.2) is 42.6 Å². The van der Waals surface area contributed by atoms with Crippen LogP contribution in [0, 0.1) is 5.82 Å². The summed E-state index contributed by atoms with van der Waals surface area (Å²) in [5, 5.41) is 1.59.